The van der Waals surface area contributed by atoms with Gasteiger partial charge in [-0.2, -0.15) is 0 Å². The molecule has 0 aromatic heterocycles. The van der Waals surface area contributed by atoms with Gasteiger partial charge in [-0.3, -0.25) is 20.2 Å². The molecule has 1 aliphatic rings. The van der Waals surface area contributed by atoms with E-state index in [0.717, 1.165) is 10.0 Å². The zero-order chi connectivity index (χ0) is 21.0. The number of barbiturate groups is 1. The predicted molar refractivity (Wildman–Crippen MR) is 113 cm³/mol. The summed E-state index contributed by atoms with van der Waals surface area (Å²) in [6.45, 7) is 2.55. The number of imide groups is 2. The number of hydrogen-bond acceptors (Lipinski definition) is 5. The van der Waals surface area contributed by atoms with E-state index in [4.69, 9.17) is 9.47 Å². The normalized spacial score (nSPS) is 13.6. The van der Waals surface area contributed by atoms with E-state index in [2.05, 4.69) is 31.9 Å². The number of amides is 4. The van der Waals surface area contributed by atoms with E-state index < -0.39 is 17.8 Å². The Labute approximate surface area is 183 Å². The van der Waals surface area contributed by atoms with Crippen molar-refractivity contribution in [3.8, 4) is 11.5 Å². The Morgan fingerprint density at radius 2 is 1.66 bits per heavy atom. The summed E-state index contributed by atoms with van der Waals surface area (Å²) in [5, 5.41) is 4.08. The second-order valence-corrected chi connectivity index (χ2v) is 7.65. The van der Waals surface area contributed by atoms with E-state index in [-0.39, 0.29) is 5.57 Å². The van der Waals surface area contributed by atoms with Crippen LogP contribution in [0.3, 0.4) is 0 Å². The van der Waals surface area contributed by atoms with Crippen LogP contribution in [0.2, 0.25) is 0 Å². The molecule has 7 nitrogen and oxygen atoms in total. The molecule has 2 aromatic carbocycles. The molecule has 1 fully saturated rings. The average Bonchev–Trinajstić information content (AvgIpc) is 2.65. The second kappa shape index (κ2) is 9.23. The molecule has 0 spiro atoms. The second-order valence-electron chi connectivity index (χ2n) is 5.94. The number of ether oxygens (including phenoxy) is 2. The maximum absolute atomic E-state index is 11.9. The molecule has 3 rings (SSSR count). The molecular formula is C20H16Br2N2O5. The molecule has 0 atom stereocenters. The molecule has 1 heterocycles. The van der Waals surface area contributed by atoms with E-state index in [9.17, 15) is 14.4 Å². The van der Waals surface area contributed by atoms with Crippen molar-refractivity contribution in [1.29, 1.82) is 0 Å². The molecule has 2 aromatic rings. The number of urea groups is 1. The van der Waals surface area contributed by atoms with Crippen molar-refractivity contribution < 1.29 is 23.9 Å². The van der Waals surface area contributed by atoms with Gasteiger partial charge < -0.3 is 9.47 Å². The van der Waals surface area contributed by atoms with Crippen molar-refractivity contribution in [2.75, 3.05) is 6.61 Å². The largest absolute Gasteiger partial charge is 0.490 e. The molecule has 0 aliphatic carbocycles. The monoisotopic (exact) mass is 522 g/mol. The van der Waals surface area contributed by atoms with Crippen molar-refractivity contribution >= 4 is 55.8 Å². The van der Waals surface area contributed by atoms with Gasteiger partial charge in [0, 0.05) is 10.0 Å². The highest BCUT2D eigenvalue weighted by atomic mass is 79.9. The summed E-state index contributed by atoms with van der Waals surface area (Å²) in [5.74, 6) is -0.574. The van der Waals surface area contributed by atoms with Gasteiger partial charge in [0.15, 0.2) is 11.5 Å². The van der Waals surface area contributed by atoms with Crippen LogP contribution in [-0.4, -0.2) is 24.5 Å². The Bertz CT molecular complexity index is 998. The molecular weight excluding hydrogens is 508 g/mol. The van der Waals surface area contributed by atoms with Crippen LogP contribution in [-0.2, 0) is 16.2 Å². The summed E-state index contributed by atoms with van der Waals surface area (Å²) in [6, 6.07) is 10.2. The number of carbonyl (C=O) groups excluding carboxylic acids is 3. The number of hydrogen-bond donors (Lipinski definition) is 2. The Morgan fingerprint density at radius 1 is 0.966 bits per heavy atom. The predicted octanol–water partition coefficient (Wildman–Crippen LogP) is 3.94. The number of carbonyl (C=O) groups is 3. The molecule has 9 heteroatoms. The summed E-state index contributed by atoms with van der Waals surface area (Å²) in [4.78, 5) is 35.1. The van der Waals surface area contributed by atoms with Crippen LogP contribution in [0.4, 0.5) is 4.79 Å². The first kappa shape index (κ1) is 21.1. The quantitative estimate of drug-likeness (QED) is 0.442. The minimum Gasteiger partial charge on any atom is -0.490 e. The van der Waals surface area contributed by atoms with Crippen molar-refractivity contribution in [3.05, 3.63) is 62.0 Å². The summed E-state index contributed by atoms with van der Waals surface area (Å²) in [5.41, 5.74) is 1.32. The first-order valence-electron chi connectivity index (χ1n) is 8.60. The van der Waals surface area contributed by atoms with E-state index in [0.29, 0.717) is 34.7 Å². The van der Waals surface area contributed by atoms with E-state index in [1.54, 1.807) is 12.1 Å². The van der Waals surface area contributed by atoms with Crippen LogP contribution in [0.25, 0.3) is 6.08 Å². The van der Waals surface area contributed by atoms with Crippen LogP contribution in [0.5, 0.6) is 11.5 Å². The standard InChI is InChI=1S/C20H16Br2N2O5/c1-2-28-16-9-11(7-13-18(25)23-20(27)24-19(13)26)8-15(22)17(16)29-10-12-5-3-4-6-14(12)21/h3-9H,2,10H2,1H3,(H2,23,24,25,26,27). The minimum atomic E-state index is -0.843. The van der Waals surface area contributed by atoms with Crippen LogP contribution in [0, 0.1) is 0 Å². The molecule has 0 radical (unpaired) electrons. The van der Waals surface area contributed by atoms with Crippen LogP contribution in [0.1, 0.15) is 18.1 Å². The lowest BCUT2D eigenvalue weighted by Gasteiger charge is -2.16. The van der Waals surface area contributed by atoms with Gasteiger partial charge in [0.2, 0.25) is 0 Å². The van der Waals surface area contributed by atoms with Gasteiger partial charge in [0.1, 0.15) is 12.2 Å². The fraction of sp³-hybridized carbons (Fsp3) is 0.150. The first-order chi connectivity index (χ1) is 13.9. The van der Waals surface area contributed by atoms with E-state index in [1.807, 2.05) is 41.8 Å². The molecule has 2 N–H and O–H groups in total. The summed E-state index contributed by atoms with van der Waals surface area (Å²) < 4.78 is 13.2. The highest BCUT2D eigenvalue weighted by Gasteiger charge is 2.28. The van der Waals surface area contributed by atoms with Gasteiger partial charge in [-0.1, -0.05) is 34.1 Å². The van der Waals surface area contributed by atoms with Crippen LogP contribution >= 0.6 is 31.9 Å². The lowest BCUT2D eigenvalue weighted by Crippen LogP contribution is -2.51. The molecule has 150 valence electrons. The lowest BCUT2D eigenvalue weighted by molar-refractivity contribution is -0.123. The SMILES string of the molecule is CCOc1cc(C=C2C(=O)NC(=O)NC2=O)cc(Br)c1OCc1ccccc1Br. The molecule has 1 aliphatic heterocycles. The van der Waals surface area contributed by atoms with Gasteiger partial charge in [0.05, 0.1) is 11.1 Å². The molecule has 0 saturated carbocycles. The lowest BCUT2D eigenvalue weighted by atomic mass is 10.1. The highest BCUT2D eigenvalue weighted by Crippen LogP contribution is 2.38. The maximum Gasteiger partial charge on any atom is 0.328 e. The summed E-state index contributed by atoms with van der Waals surface area (Å²) >= 11 is 6.95. The highest BCUT2D eigenvalue weighted by molar-refractivity contribution is 9.10. The van der Waals surface area contributed by atoms with Crippen molar-refractivity contribution in [2.24, 2.45) is 0 Å². The summed E-state index contributed by atoms with van der Waals surface area (Å²) in [6.07, 6.45) is 1.38. The molecule has 29 heavy (non-hydrogen) atoms. The third-order valence-corrected chi connectivity index (χ3v) is 5.28. The van der Waals surface area contributed by atoms with Gasteiger partial charge in [-0.25, -0.2) is 4.79 Å². The maximum atomic E-state index is 11.9. The molecule has 0 bridgehead atoms. The third kappa shape index (κ3) is 5.04. The Balaban J connectivity index is 1.91. The van der Waals surface area contributed by atoms with E-state index in [1.165, 1.54) is 6.08 Å². The fourth-order valence-electron chi connectivity index (χ4n) is 2.61. The first-order valence-corrected chi connectivity index (χ1v) is 10.2. The number of nitrogens with one attached hydrogen (secondary N) is 2. The Hall–Kier alpha value is -2.65. The average molecular weight is 524 g/mol. The third-order valence-electron chi connectivity index (χ3n) is 3.92. The minimum absolute atomic E-state index is 0.180. The fourth-order valence-corrected chi connectivity index (χ4v) is 3.59. The van der Waals surface area contributed by atoms with Crippen LogP contribution in [0.15, 0.2) is 50.9 Å². The summed E-state index contributed by atoms with van der Waals surface area (Å²) in [7, 11) is 0. The van der Waals surface area contributed by atoms with E-state index >= 15 is 0 Å². The zero-order valence-electron chi connectivity index (χ0n) is 15.3. The number of halogens is 2. The Morgan fingerprint density at radius 3 is 2.31 bits per heavy atom. The smallest absolute Gasteiger partial charge is 0.328 e. The van der Waals surface area contributed by atoms with Crippen molar-refractivity contribution in [1.82, 2.24) is 10.6 Å². The molecule has 1 saturated heterocycles. The van der Waals surface area contributed by atoms with Gasteiger partial charge >= 0.3 is 6.03 Å². The number of rotatable bonds is 6. The Kier molecular flexibility index (Phi) is 6.71. The van der Waals surface area contributed by atoms with Crippen LogP contribution < -0.4 is 20.1 Å². The topological polar surface area (TPSA) is 93.7 Å². The van der Waals surface area contributed by atoms with Gasteiger partial charge in [0.25, 0.3) is 11.8 Å². The molecule has 0 unspecified atom stereocenters. The van der Waals surface area contributed by atoms with Crippen molar-refractivity contribution in [2.45, 2.75) is 13.5 Å². The van der Waals surface area contributed by atoms with Gasteiger partial charge in [-0.05, 0) is 52.7 Å². The zero-order valence-corrected chi connectivity index (χ0v) is 18.4. The molecule has 4 amide bonds. The van der Waals surface area contributed by atoms with Crippen molar-refractivity contribution in [3.63, 3.8) is 0 Å². The number of benzene rings is 2. The van der Waals surface area contributed by atoms with Gasteiger partial charge in [-0.15, -0.1) is 0 Å².